The van der Waals surface area contributed by atoms with E-state index >= 15 is 0 Å². The predicted octanol–water partition coefficient (Wildman–Crippen LogP) is 2.82. The fourth-order valence-corrected chi connectivity index (χ4v) is 3.31. The molecule has 2 fully saturated rings. The molecule has 0 saturated carbocycles. The Morgan fingerprint density at radius 2 is 2.19 bits per heavy atom. The first-order valence-electron chi connectivity index (χ1n) is 8.35. The van der Waals surface area contributed by atoms with E-state index in [9.17, 15) is 0 Å². The first-order valence-corrected chi connectivity index (χ1v) is 8.35. The van der Waals surface area contributed by atoms with Crippen LogP contribution in [0.2, 0.25) is 0 Å². The maximum absolute atomic E-state index is 5.80. The van der Waals surface area contributed by atoms with Gasteiger partial charge in [0.05, 0.1) is 30.6 Å². The first-order chi connectivity index (χ1) is 10.3. The summed E-state index contributed by atoms with van der Waals surface area (Å²) in [5.41, 5.74) is 1.12. The van der Waals surface area contributed by atoms with Crippen molar-refractivity contribution in [3.8, 4) is 0 Å². The van der Waals surface area contributed by atoms with Crippen molar-refractivity contribution < 1.29 is 9.47 Å². The Bertz CT molecular complexity index is 427. The van der Waals surface area contributed by atoms with E-state index in [0.717, 1.165) is 51.1 Å². The van der Waals surface area contributed by atoms with E-state index in [1.54, 1.807) is 0 Å². The van der Waals surface area contributed by atoms with Crippen molar-refractivity contribution in [3.05, 3.63) is 12.4 Å². The summed E-state index contributed by atoms with van der Waals surface area (Å²) in [6, 6.07) is 0.510. The van der Waals surface area contributed by atoms with Gasteiger partial charge in [0.1, 0.15) is 0 Å². The molecule has 3 atom stereocenters. The van der Waals surface area contributed by atoms with E-state index in [1.165, 1.54) is 12.8 Å². The topological polar surface area (TPSA) is 48.3 Å². The molecule has 0 aromatic carbocycles. The van der Waals surface area contributed by atoms with E-state index in [4.69, 9.17) is 9.47 Å². The van der Waals surface area contributed by atoms with Gasteiger partial charge in [-0.2, -0.15) is 5.10 Å². The van der Waals surface area contributed by atoms with Crippen LogP contribution in [0.5, 0.6) is 0 Å². The highest BCUT2D eigenvalue weighted by molar-refractivity contribution is 5.39. The van der Waals surface area contributed by atoms with Crippen LogP contribution in [0.15, 0.2) is 12.4 Å². The molecule has 0 amide bonds. The maximum Gasteiger partial charge on any atom is 0.0771 e. The second kappa shape index (κ2) is 7.27. The van der Waals surface area contributed by atoms with E-state index in [2.05, 4.69) is 23.5 Å². The van der Waals surface area contributed by atoms with Gasteiger partial charge in [0.2, 0.25) is 0 Å². The second-order valence-corrected chi connectivity index (χ2v) is 6.23. The zero-order chi connectivity index (χ0) is 14.5. The van der Waals surface area contributed by atoms with Crippen LogP contribution in [0.4, 0.5) is 5.69 Å². The average Bonchev–Trinajstić information content (AvgIpc) is 3.12. The summed E-state index contributed by atoms with van der Waals surface area (Å²) in [6.07, 6.45) is 11.7. The van der Waals surface area contributed by atoms with Gasteiger partial charge in [-0.25, -0.2) is 0 Å². The number of aromatic nitrogens is 2. The molecule has 5 heteroatoms. The summed E-state index contributed by atoms with van der Waals surface area (Å²) in [6.45, 7) is 4.85. The molecule has 1 aromatic rings. The molecule has 3 unspecified atom stereocenters. The van der Waals surface area contributed by atoms with Gasteiger partial charge in [-0.05, 0) is 32.1 Å². The van der Waals surface area contributed by atoms with Gasteiger partial charge in [-0.3, -0.25) is 4.68 Å². The SMILES string of the molecule is CCCC1CC(Nc2cnn(CC3CCCO3)c2)CCO1. The molecule has 2 saturated heterocycles. The number of anilines is 1. The molecule has 5 nitrogen and oxygen atoms in total. The van der Waals surface area contributed by atoms with Crippen molar-refractivity contribution in [3.63, 3.8) is 0 Å². The molecule has 1 N–H and O–H groups in total. The Hall–Kier alpha value is -1.07. The molecular formula is C16H27N3O2. The zero-order valence-electron chi connectivity index (χ0n) is 13.0. The van der Waals surface area contributed by atoms with Gasteiger partial charge in [0.25, 0.3) is 0 Å². The number of rotatable bonds is 6. The molecule has 2 aliphatic heterocycles. The number of nitrogens with zero attached hydrogens (tertiary/aromatic N) is 2. The number of nitrogens with one attached hydrogen (secondary N) is 1. The molecule has 2 aliphatic rings. The third kappa shape index (κ3) is 4.20. The van der Waals surface area contributed by atoms with Crippen molar-refractivity contribution >= 4 is 5.69 Å². The van der Waals surface area contributed by atoms with Crippen molar-refractivity contribution in [2.45, 2.75) is 70.2 Å². The van der Waals surface area contributed by atoms with Crippen molar-refractivity contribution in [2.75, 3.05) is 18.5 Å². The summed E-state index contributed by atoms with van der Waals surface area (Å²) in [5.74, 6) is 0. The number of ether oxygens (including phenoxy) is 2. The molecule has 1 aromatic heterocycles. The molecule has 0 bridgehead atoms. The molecular weight excluding hydrogens is 266 g/mol. The normalized spacial score (nSPS) is 29.7. The van der Waals surface area contributed by atoms with Gasteiger partial charge in [-0.1, -0.05) is 13.3 Å². The van der Waals surface area contributed by atoms with E-state index in [1.807, 2.05) is 10.9 Å². The minimum atomic E-state index is 0.342. The molecule has 118 valence electrons. The van der Waals surface area contributed by atoms with Crippen LogP contribution in [0.1, 0.15) is 45.4 Å². The average molecular weight is 293 g/mol. The standard InChI is InChI=1S/C16H27N3O2/c1-2-4-15-9-13(6-8-21-15)18-14-10-17-19(11-14)12-16-5-3-7-20-16/h10-11,13,15-16,18H,2-9,12H2,1H3. The second-order valence-electron chi connectivity index (χ2n) is 6.23. The van der Waals surface area contributed by atoms with Crippen LogP contribution in [0, 0.1) is 0 Å². The van der Waals surface area contributed by atoms with Gasteiger partial charge in [-0.15, -0.1) is 0 Å². The summed E-state index contributed by atoms with van der Waals surface area (Å²) >= 11 is 0. The maximum atomic E-state index is 5.80. The third-order valence-electron chi connectivity index (χ3n) is 4.40. The summed E-state index contributed by atoms with van der Waals surface area (Å²) < 4.78 is 13.5. The minimum Gasteiger partial charge on any atom is -0.380 e. The van der Waals surface area contributed by atoms with Crippen LogP contribution < -0.4 is 5.32 Å². The minimum absolute atomic E-state index is 0.342. The van der Waals surface area contributed by atoms with Gasteiger partial charge in [0, 0.05) is 25.5 Å². The van der Waals surface area contributed by atoms with Gasteiger partial charge in [0.15, 0.2) is 0 Å². The van der Waals surface area contributed by atoms with Crippen molar-refractivity contribution in [1.82, 2.24) is 9.78 Å². The first kappa shape index (κ1) is 14.9. The largest absolute Gasteiger partial charge is 0.380 e. The quantitative estimate of drug-likeness (QED) is 0.876. The van der Waals surface area contributed by atoms with Crippen LogP contribution >= 0.6 is 0 Å². The summed E-state index contributed by atoms with van der Waals surface area (Å²) in [4.78, 5) is 0. The van der Waals surface area contributed by atoms with Crippen molar-refractivity contribution in [1.29, 1.82) is 0 Å². The Labute approximate surface area is 127 Å². The van der Waals surface area contributed by atoms with Crippen LogP contribution in [0.25, 0.3) is 0 Å². The highest BCUT2D eigenvalue weighted by Crippen LogP contribution is 2.21. The van der Waals surface area contributed by atoms with Crippen molar-refractivity contribution in [2.24, 2.45) is 0 Å². The third-order valence-corrected chi connectivity index (χ3v) is 4.40. The Balaban J connectivity index is 1.49. The van der Waals surface area contributed by atoms with Gasteiger partial charge < -0.3 is 14.8 Å². The molecule has 3 heterocycles. The summed E-state index contributed by atoms with van der Waals surface area (Å²) in [5, 5.41) is 8.05. The lowest BCUT2D eigenvalue weighted by Crippen LogP contribution is -2.33. The molecule has 3 rings (SSSR count). The molecule has 0 aliphatic carbocycles. The van der Waals surface area contributed by atoms with E-state index in [0.29, 0.717) is 18.2 Å². The van der Waals surface area contributed by atoms with E-state index in [-0.39, 0.29) is 0 Å². The fourth-order valence-electron chi connectivity index (χ4n) is 3.31. The molecule has 21 heavy (non-hydrogen) atoms. The van der Waals surface area contributed by atoms with Crippen LogP contribution in [0.3, 0.4) is 0 Å². The highest BCUT2D eigenvalue weighted by atomic mass is 16.5. The highest BCUT2D eigenvalue weighted by Gasteiger charge is 2.22. The lowest BCUT2D eigenvalue weighted by molar-refractivity contribution is 0.00598. The lowest BCUT2D eigenvalue weighted by Gasteiger charge is -2.30. The number of hydrogen-bond donors (Lipinski definition) is 1. The Kier molecular flexibility index (Phi) is 5.14. The zero-order valence-corrected chi connectivity index (χ0v) is 13.0. The Morgan fingerprint density at radius 3 is 3.00 bits per heavy atom. The predicted molar refractivity (Wildman–Crippen MR) is 82.5 cm³/mol. The monoisotopic (exact) mass is 293 g/mol. The van der Waals surface area contributed by atoms with Crippen LogP contribution in [-0.2, 0) is 16.0 Å². The summed E-state index contributed by atoms with van der Waals surface area (Å²) in [7, 11) is 0. The van der Waals surface area contributed by atoms with Gasteiger partial charge >= 0.3 is 0 Å². The lowest BCUT2D eigenvalue weighted by atomic mass is 10.00. The Morgan fingerprint density at radius 1 is 1.29 bits per heavy atom. The van der Waals surface area contributed by atoms with Crippen LogP contribution in [-0.4, -0.2) is 41.2 Å². The number of hydrogen-bond acceptors (Lipinski definition) is 4. The fraction of sp³-hybridized carbons (Fsp3) is 0.812. The van der Waals surface area contributed by atoms with E-state index < -0.39 is 0 Å². The molecule has 0 spiro atoms. The molecule has 0 radical (unpaired) electrons. The smallest absolute Gasteiger partial charge is 0.0771 e.